The first-order valence-corrected chi connectivity index (χ1v) is 6.62. The summed E-state index contributed by atoms with van der Waals surface area (Å²) in [7, 11) is 1.42. The van der Waals surface area contributed by atoms with Gasteiger partial charge in [-0.2, -0.15) is 0 Å². The van der Waals surface area contributed by atoms with Crippen molar-refractivity contribution in [1.29, 1.82) is 0 Å². The number of anilines is 1. The van der Waals surface area contributed by atoms with E-state index in [4.69, 9.17) is 9.47 Å². The van der Waals surface area contributed by atoms with Gasteiger partial charge in [0.2, 0.25) is 0 Å². The van der Waals surface area contributed by atoms with Gasteiger partial charge < -0.3 is 14.8 Å². The van der Waals surface area contributed by atoms with Gasteiger partial charge in [-0.25, -0.2) is 8.78 Å². The van der Waals surface area contributed by atoms with E-state index in [0.717, 1.165) is 5.56 Å². The Balaban J connectivity index is 2.02. The van der Waals surface area contributed by atoms with Crippen LogP contribution in [0.4, 0.5) is 14.5 Å². The molecule has 1 N–H and O–H groups in total. The van der Waals surface area contributed by atoms with E-state index in [0.29, 0.717) is 18.8 Å². The Morgan fingerprint density at radius 1 is 1.00 bits per heavy atom. The van der Waals surface area contributed by atoms with E-state index in [1.165, 1.54) is 19.2 Å². The third-order valence-corrected chi connectivity index (χ3v) is 2.94. The van der Waals surface area contributed by atoms with Gasteiger partial charge in [-0.1, -0.05) is 6.07 Å². The summed E-state index contributed by atoms with van der Waals surface area (Å²) in [6.45, 7) is 2.59. The summed E-state index contributed by atoms with van der Waals surface area (Å²) in [4.78, 5) is 0. The maximum absolute atomic E-state index is 13.7. The summed E-state index contributed by atoms with van der Waals surface area (Å²) in [5.41, 5.74) is 1.34. The van der Waals surface area contributed by atoms with Gasteiger partial charge in [-0.3, -0.25) is 0 Å². The Hall–Kier alpha value is -2.30. The number of hydrogen-bond acceptors (Lipinski definition) is 3. The van der Waals surface area contributed by atoms with Crippen LogP contribution in [0.15, 0.2) is 36.4 Å². The summed E-state index contributed by atoms with van der Waals surface area (Å²) >= 11 is 0. The van der Waals surface area contributed by atoms with Crippen LogP contribution >= 0.6 is 0 Å². The van der Waals surface area contributed by atoms with Gasteiger partial charge in [-0.15, -0.1) is 0 Å². The molecule has 112 valence electrons. The van der Waals surface area contributed by atoms with Crippen molar-refractivity contribution in [3.05, 3.63) is 53.6 Å². The quantitative estimate of drug-likeness (QED) is 0.873. The van der Waals surface area contributed by atoms with Gasteiger partial charge in [0.1, 0.15) is 0 Å². The predicted molar refractivity (Wildman–Crippen MR) is 77.8 cm³/mol. The standard InChI is InChI=1S/C16H17F2NO2/c1-3-21-16-7-5-12(9-14(16)18)19-10-11-4-6-15(20-2)13(17)8-11/h4-9,19H,3,10H2,1-2H3. The highest BCUT2D eigenvalue weighted by Crippen LogP contribution is 2.22. The number of methoxy groups -OCH3 is 1. The van der Waals surface area contributed by atoms with E-state index in [1.807, 2.05) is 0 Å². The molecule has 5 heteroatoms. The minimum absolute atomic E-state index is 0.200. The molecule has 0 bridgehead atoms. The lowest BCUT2D eigenvalue weighted by molar-refractivity contribution is 0.321. The van der Waals surface area contributed by atoms with Crippen LogP contribution in [-0.4, -0.2) is 13.7 Å². The highest BCUT2D eigenvalue weighted by Gasteiger charge is 2.06. The Morgan fingerprint density at radius 3 is 2.33 bits per heavy atom. The van der Waals surface area contributed by atoms with Crippen LogP contribution in [0.3, 0.4) is 0 Å². The van der Waals surface area contributed by atoms with Crippen LogP contribution < -0.4 is 14.8 Å². The number of ether oxygens (including phenoxy) is 2. The zero-order chi connectivity index (χ0) is 15.2. The fourth-order valence-electron chi connectivity index (χ4n) is 1.91. The van der Waals surface area contributed by atoms with E-state index in [-0.39, 0.29) is 11.5 Å². The highest BCUT2D eigenvalue weighted by atomic mass is 19.1. The molecule has 0 saturated carbocycles. The minimum atomic E-state index is -0.428. The average molecular weight is 293 g/mol. The zero-order valence-electron chi connectivity index (χ0n) is 12.0. The number of rotatable bonds is 6. The lowest BCUT2D eigenvalue weighted by Crippen LogP contribution is -2.02. The SMILES string of the molecule is CCOc1ccc(NCc2ccc(OC)c(F)c2)cc1F. The molecule has 0 unspecified atom stereocenters. The lowest BCUT2D eigenvalue weighted by Gasteiger charge is -2.10. The van der Waals surface area contributed by atoms with Gasteiger partial charge in [0.05, 0.1) is 13.7 Å². The summed E-state index contributed by atoms with van der Waals surface area (Å²) in [6.07, 6.45) is 0. The lowest BCUT2D eigenvalue weighted by atomic mass is 10.2. The van der Waals surface area contributed by atoms with Gasteiger partial charge in [-0.05, 0) is 36.8 Å². The largest absolute Gasteiger partial charge is 0.494 e. The Morgan fingerprint density at radius 2 is 1.71 bits per heavy atom. The molecule has 0 aliphatic heterocycles. The number of nitrogens with one attached hydrogen (secondary N) is 1. The molecule has 0 heterocycles. The molecule has 3 nitrogen and oxygen atoms in total. The van der Waals surface area contributed by atoms with Crippen LogP contribution in [0.25, 0.3) is 0 Å². The van der Waals surface area contributed by atoms with Crippen LogP contribution in [-0.2, 0) is 6.54 Å². The van der Waals surface area contributed by atoms with Crippen LogP contribution in [0.1, 0.15) is 12.5 Å². The molecule has 0 saturated heterocycles. The van der Waals surface area contributed by atoms with Crippen molar-refractivity contribution >= 4 is 5.69 Å². The Labute approximate surface area is 122 Å². The predicted octanol–water partition coefficient (Wildman–Crippen LogP) is 3.98. The monoisotopic (exact) mass is 293 g/mol. The van der Waals surface area contributed by atoms with Gasteiger partial charge >= 0.3 is 0 Å². The molecule has 0 aliphatic rings. The van der Waals surface area contributed by atoms with Crippen molar-refractivity contribution in [2.75, 3.05) is 19.0 Å². The molecule has 21 heavy (non-hydrogen) atoms. The van der Waals surface area contributed by atoms with Crippen LogP contribution in [0, 0.1) is 11.6 Å². The maximum Gasteiger partial charge on any atom is 0.167 e. The molecular formula is C16H17F2NO2. The molecule has 2 aromatic carbocycles. The fraction of sp³-hybridized carbons (Fsp3) is 0.250. The Bertz CT molecular complexity index is 617. The van der Waals surface area contributed by atoms with Gasteiger partial charge in [0.25, 0.3) is 0 Å². The highest BCUT2D eigenvalue weighted by molar-refractivity contribution is 5.48. The molecule has 0 aromatic heterocycles. The molecule has 0 aliphatic carbocycles. The normalized spacial score (nSPS) is 10.3. The van der Waals surface area contributed by atoms with Crippen molar-refractivity contribution < 1.29 is 18.3 Å². The number of halogens is 2. The third-order valence-electron chi connectivity index (χ3n) is 2.94. The molecule has 2 rings (SSSR count). The summed E-state index contributed by atoms with van der Waals surface area (Å²) in [5.74, 6) is -0.429. The van der Waals surface area contributed by atoms with Crippen LogP contribution in [0.5, 0.6) is 11.5 Å². The summed E-state index contributed by atoms with van der Waals surface area (Å²) in [6, 6.07) is 9.33. The topological polar surface area (TPSA) is 30.5 Å². The van der Waals surface area contributed by atoms with E-state index in [2.05, 4.69) is 5.32 Å². The molecule has 0 amide bonds. The molecule has 0 radical (unpaired) electrons. The number of hydrogen-bond donors (Lipinski definition) is 1. The second kappa shape index (κ2) is 6.92. The molecule has 0 atom stereocenters. The van der Waals surface area contributed by atoms with Crippen molar-refractivity contribution in [2.45, 2.75) is 13.5 Å². The van der Waals surface area contributed by atoms with Crippen molar-refractivity contribution in [3.8, 4) is 11.5 Å². The maximum atomic E-state index is 13.7. The molecule has 0 fully saturated rings. The smallest absolute Gasteiger partial charge is 0.167 e. The van der Waals surface area contributed by atoms with Crippen molar-refractivity contribution in [3.63, 3.8) is 0 Å². The van der Waals surface area contributed by atoms with Crippen LogP contribution in [0.2, 0.25) is 0 Å². The second-order valence-corrected chi connectivity index (χ2v) is 4.40. The van der Waals surface area contributed by atoms with E-state index in [1.54, 1.807) is 31.2 Å². The van der Waals surface area contributed by atoms with E-state index in [9.17, 15) is 8.78 Å². The summed E-state index contributed by atoms with van der Waals surface area (Å²) in [5, 5.41) is 3.03. The molecule has 2 aromatic rings. The molecule has 0 spiro atoms. The van der Waals surface area contributed by atoms with Gasteiger partial charge in [0, 0.05) is 18.3 Å². The first kappa shape index (κ1) is 15.1. The first-order chi connectivity index (χ1) is 10.1. The third kappa shape index (κ3) is 3.84. The fourth-order valence-corrected chi connectivity index (χ4v) is 1.91. The Kier molecular flexibility index (Phi) is 4.98. The van der Waals surface area contributed by atoms with E-state index < -0.39 is 11.6 Å². The van der Waals surface area contributed by atoms with E-state index >= 15 is 0 Å². The minimum Gasteiger partial charge on any atom is -0.494 e. The second-order valence-electron chi connectivity index (χ2n) is 4.40. The first-order valence-electron chi connectivity index (χ1n) is 6.62. The van der Waals surface area contributed by atoms with Crippen molar-refractivity contribution in [2.24, 2.45) is 0 Å². The van der Waals surface area contributed by atoms with Crippen molar-refractivity contribution in [1.82, 2.24) is 0 Å². The summed E-state index contributed by atoms with van der Waals surface area (Å²) < 4.78 is 37.2. The van der Waals surface area contributed by atoms with Gasteiger partial charge in [0.15, 0.2) is 23.1 Å². The number of benzene rings is 2. The zero-order valence-corrected chi connectivity index (χ0v) is 12.0. The average Bonchev–Trinajstić information content (AvgIpc) is 2.48. The molecular weight excluding hydrogens is 276 g/mol.